The van der Waals surface area contributed by atoms with Crippen LogP contribution in [-0.2, 0) is 14.8 Å². The monoisotopic (exact) mass is 320 g/mol. The summed E-state index contributed by atoms with van der Waals surface area (Å²) >= 11 is 0. The molecule has 0 bridgehead atoms. The normalized spacial score (nSPS) is 11.0. The lowest BCUT2D eigenvalue weighted by molar-refractivity contribution is -0.303. The molecule has 0 unspecified atom stereocenters. The fourth-order valence-corrected chi connectivity index (χ4v) is 2.67. The van der Waals surface area contributed by atoms with Crippen molar-refractivity contribution in [2.45, 2.75) is 0 Å². The van der Waals surface area contributed by atoms with Crippen LogP contribution in [0.4, 0.5) is 5.69 Å². The lowest BCUT2D eigenvalue weighted by Gasteiger charge is -2.22. The van der Waals surface area contributed by atoms with E-state index in [0.29, 0.717) is 11.5 Å². The molecule has 0 saturated heterocycles. The van der Waals surface area contributed by atoms with Gasteiger partial charge >= 0.3 is 0 Å². The number of carboxylic acids is 1. The fourth-order valence-electron chi connectivity index (χ4n) is 1.82. The molecule has 0 radical (unpaired) electrons. The molecule has 0 N–H and O–H groups in total. The molecule has 22 heavy (non-hydrogen) atoms. The minimum atomic E-state index is -3.71. The first-order valence-corrected chi connectivity index (χ1v) is 8.21. The standard InChI is InChI=1S/C15H15NO5S/c1-22(19,20)16(11-15(17)18)12-7-9-14(10-8-12)21-13-5-3-2-4-6-13/h2-10H,11H2,1H3,(H,17,18)/p-1. The van der Waals surface area contributed by atoms with Crippen molar-refractivity contribution in [1.29, 1.82) is 0 Å². The smallest absolute Gasteiger partial charge is 0.232 e. The highest BCUT2D eigenvalue weighted by molar-refractivity contribution is 7.92. The zero-order chi connectivity index (χ0) is 16.2. The van der Waals surface area contributed by atoms with E-state index < -0.39 is 22.5 Å². The van der Waals surface area contributed by atoms with Crippen molar-refractivity contribution >= 4 is 21.7 Å². The first-order chi connectivity index (χ1) is 10.4. The van der Waals surface area contributed by atoms with Gasteiger partial charge in [0.05, 0.1) is 24.5 Å². The Labute approximate surface area is 128 Å². The van der Waals surface area contributed by atoms with Crippen LogP contribution in [0, 0.1) is 0 Å². The van der Waals surface area contributed by atoms with E-state index >= 15 is 0 Å². The predicted octanol–water partition coefficient (Wildman–Crippen LogP) is 0.995. The number of sulfonamides is 1. The number of carbonyl (C=O) groups excluding carboxylic acids is 1. The summed E-state index contributed by atoms with van der Waals surface area (Å²) in [5.41, 5.74) is 0.229. The van der Waals surface area contributed by atoms with E-state index in [1.54, 1.807) is 24.3 Å². The third-order valence-corrected chi connectivity index (χ3v) is 3.92. The maximum atomic E-state index is 11.6. The number of anilines is 1. The third-order valence-electron chi connectivity index (χ3n) is 2.78. The van der Waals surface area contributed by atoms with Crippen molar-refractivity contribution in [1.82, 2.24) is 0 Å². The summed E-state index contributed by atoms with van der Waals surface area (Å²) < 4.78 is 29.6. The number of hydrogen-bond acceptors (Lipinski definition) is 5. The molecule has 2 rings (SSSR count). The third kappa shape index (κ3) is 4.23. The minimum absolute atomic E-state index is 0.229. The van der Waals surface area contributed by atoms with Gasteiger partial charge in [0.1, 0.15) is 11.5 Å². The first-order valence-electron chi connectivity index (χ1n) is 6.37. The van der Waals surface area contributed by atoms with Gasteiger partial charge in [-0.1, -0.05) is 18.2 Å². The molecule has 0 aliphatic carbocycles. The van der Waals surface area contributed by atoms with Gasteiger partial charge in [-0.15, -0.1) is 0 Å². The van der Waals surface area contributed by atoms with Gasteiger partial charge in [-0.2, -0.15) is 0 Å². The molecule has 0 amide bonds. The van der Waals surface area contributed by atoms with Crippen molar-refractivity contribution in [3.05, 3.63) is 54.6 Å². The van der Waals surface area contributed by atoms with Crippen molar-refractivity contribution in [3.8, 4) is 11.5 Å². The summed E-state index contributed by atoms with van der Waals surface area (Å²) in [5, 5.41) is 10.7. The summed E-state index contributed by atoms with van der Waals surface area (Å²) in [7, 11) is -3.71. The van der Waals surface area contributed by atoms with E-state index in [2.05, 4.69) is 0 Å². The summed E-state index contributed by atoms with van der Waals surface area (Å²) in [6.07, 6.45) is 0.935. The van der Waals surface area contributed by atoms with E-state index in [1.807, 2.05) is 18.2 Å². The maximum Gasteiger partial charge on any atom is 0.232 e. The van der Waals surface area contributed by atoms with Crippen LogP contribution in [0.1, 0.15) is 0 Å². The molecule has 2 aromatic rings. The molecule has 0 spiro atoms. The highest BCUT2D eigenvalue weighted by atomic mass is 32.2. The molecule has 2 aromatic carbocycles. The van der Waals surface area contributed by atoms with E-state index in [1.165, 1.54) is 12.1 Å². The molecule has 0 heterocycles. The number of benzene rings is 2. The molecule has 0 saturated carbocycles. The second kappa shape index (κ2) is 6.48. The van der Waals surface area contributed by atoms with Crippen molar-refractivity contribution in [3.63, 3.8) is 0 Å². The van der Waals surface area contributed by atoms with Crippen LogP contribution >= 0.6 is 0 Å². The lowest BCUT2D eigenvalue weighted by atomic mass is 10.3. The number of rotatable bonds is 6. The molecule has 7 heteroatoms. The van der Waals surface area contributed by atoms with Gasteiger partial charge in [0.25, 0.3) is 0 Å². The number of carbonyl (C=O) groups is 1. The molecule has 116 valence electrons. The molecular weight excluding hydrogens is 306 g/mol. The zero-order valence-electron chi connectivity index (χ0n) is 11.8. The fraction of sp³-hybridized carbons (Fsp3) is 0.133. The van der Waals surface area contributed by atoms with Crippen molar-refractivity contribution in [2.24, 2.45) is 0 Å². The van der Waals surface area contributed by atoms with Gasteiger partial charge < -0.3 is 14.6 Å². The SMILES string of the molecule is CS(=O)(=O)N(CC(=O)[O-])c1ccc(Oc2ccccc2)cc1. The largest absolute Gasteiger partial charge is 0.548 e. The number of para-hydroxylation sites is 1. The Hall–Kier alpha value is -2.54. The summed E-state index contributed by atoms with van der Waals surface area (Å²) in [5.74, 6) is -0.322. The number of hydrogen-bond donors (Lipinski definition) is 0. The zero-order valence-corrected chi connectivity index (χ0v) is 12.6. The van der Waals surface area contributed by atoms with E-state index in [-0.39, 0.29) is 5.69 Å². The van der Waals surface area contributed by atoms with E-state index in [9.17, 15) is 18.3 Å². The summed E-state index contributed by atoms with van der Waals surface area (Å²) in [4.78, 5) is 10.7. The topological polar surface area (TPSA) is 86.7 Å². The highest BCUT2D eigenvalue weighted by Crippen LogP contribution is 2.25. The van der Waals surface area contributed by atoms with Gasteiger partial charge in [0, 0.05) is 0 Å². The highest BCUT2D eigenvalue weighted by Gasteiger charge is 2.17. The van der Waals surface area contributed by atoms with Crippen LogP contribution in [0.3, 0.4) is 0 Å². The summed E-state index contributed by atoms with van der Waals surface area (Å²) in [6.45, 7) is -0.738. The van der Waals surface area contributed by atoms with Crippen molar-refractivity contribution in [2.75, 3.05) is 17.1 Å². The van der Waals surface area contributed by atoms with Crippen LogP contribution in [0.2, 0.25) is 0 Å². The van der Waals surface area contributed by atoms with Crippen LogP contribution in [0.5, 0.6) is 11.5 Å². The lowest BCUT2D eigenvalue weighted by Crippen LogP contribution is -2.41. The Morgan fingerprint density at radius 3 is 2.09 bits per heavy atom. The molecule has 0 fully saturated rings. The van der Waals surface area contributed by atoms with Gasteiger partial charge in [-0.3, -0.25) is 4.31 Å². The first kappa shape index (κ1) is 15.8. The van der Waals surface area contributed by atoms with Gasteiger partial charge in [0.15, 0.2) is 0 Å². The quantitative estimate of drug-likeness (QED) is 0.792. The average molecular weight is 320 g/mol. The van der Waals surface area contributed by atoms with Crippen molar-refractivity contribution < 1.29 is 23.1 Å². The molecule has 0 atom stereocenters. The Kier molecular flexibility index (Phi) is 4.67. The number of carboxylic acid groups (broad SMARTS) is 1. The maximum absolute atomic E-state index is 11.6. The number of aliphatic carboxylic acids is 1. The molecule has 0 aliphatic rings. The van der Waals surface area contributed by atoms with Crippen LogP contribution in [0.25, 0.3) is 0 Å². The van der Waals surface area contributed by atoms with E-state index in [0.717, 1.165) is 10.6 Å². The average Bonchev–Trinajstić information content (AvgIpc) is 2.46. The Balaban J connectivity index is 2.21. The second-order valence-electron chi connectivity index (χ2n) is 4.55. The molecule has 0 aromatic heterocycles. The second-order valence-corrected chi connectivity index (χ2v) is 6.46. The van der Waals surface area contributed by atoms with Gasteiger partial charge in [-0.05, 0) is 36.4 Å². The molecular formula is C15H14NO5S-. The number of ether oxygens (including phenoxy) is 1. The predicted molar refractivity (Wildman–Crippen MR) is 80.2 cm³/mol. The van der Waals surface area contributed by atoms with E-state index in [4.69, 9.17) is 4.74 Å². The van der Waals surface area contributed by atoms with Crippen LogP contribution in [-0.4, -0.2) is 27.2 Å². The van der Waals surface area contributed by atoms with Crippen LogP contribution in [0.15, 0.2) is 54.6 Å². The summed E-state index contributed by atoms with van der Waals surface area (Å²) in [6, 6.07) is 15.2. The minimum Gasteiger partial charge on any atom is -0.548 e. The van der Waals surface area contributed by atoms with Gasteiger partial charge in [-0.25, -0.2) is 8.42 Å². The number of nitrogens with zero attached hydrogens (tertiary/aromatic N) is 1. The Bertz CT molecular complexity index is 741. The van der Waals surface area contributed by atoms with Crippen LogP contribution < -0.4 is 14.1 Å². The molecule has 0 aliphatic heterocycles. The Morgan fingerprint density at radius 1 is 1.05 bits per heavy atom. The molecule has 6 nitrogen and oxygen atoms in total. The van der Waals surface area contributed by atoms with Gasteiger partial charge in [0.2, 0.25) is 10.0 Å². The Morgan fingerprint density at radius 2 is 1.59 bits per heavy atom.